The maximum absolute atomic E-state index is 13.9. The van der Waals surface area contributed by atoms with Gasteiger partial charge in [0.15, 0.2) is 0 Å². The first-order valence-electron chi connectivity index (χ1n) is 26.4. The Bertz CT molecular complexity index is 3380. The van der Waals surface area contributed by atoms with Crippen molar-refractivity contribution in [2.24, 2.45) is 0 Å². The number of ether oxygens (including phenoxy) is 2. The number of pyridine rings is 2. The van der Waals surface area contributed by atoms with Crippen molar-refractivity contribution in [2.45, 2.75) is 118 Å². The number of hydrogen-bond donors (Lipinski definition) is 8. The fourth-order valence-electron chi connectivity index (χ4n) is 7.76. The lowest BCUT2D eigenvalue weighted by Crippen LogP contribution is -2.47. The van der Waals surface area contributed by atoms with Gasteiger partial charge in [-0.1, -0.05) is 111 Å². The molecule has 6 rings (SSSR count). The maximum Gasteiger partial charge on any atom is 0.475 e. The number of hydrogen-bond acceptors (Lipinski definition) is 16. The van der Waals surface area contributed by atoms with Crippen LogP contribution in [0.3, 0.4) is 0 Å². The first-order valence-corrected chi connectivity index (χ1v) is 30.2. The second kappa shape index (κ2) is 39.1. The third kappa shape index (κ3) is 29.9. The Hall–Kier alpha value is -5.65. The van der Waals surface area contributed by atoms with Crippen molar-refractivity contribution in [1.82, 2.24) is 30.4 Å². The summed E-state index contributed by atoms with van der Waals surface area (Å²) in [5, 5.41) is 34.6. The third-order valence-electron chi connectivity index (χ3n) is 11.9. The van der Waals surface area contributed by atoms with Crippen LogP contribution in [-0.2, 0) is 49.8 Å². The van der Waals surface area contributed by atoms with Gasteiger partial charge in [0.05, 0.1) is 58.8 Å². The van der Waals surface area contributed by atoms with Crippen molar-refractivity contribution in [3.63, 3.8) is 0 Å². The minimum Gasteiger partial charge on any atom is -0.447 e. The summed E-state index contributed by atoms with van der Waals surface area (Å²) in [6.07, 6.45) is -1.71. The van der Waals surface area contributed by atoms with E-state index in [0.29, 0.717) is 11.1 Å². The van der Waals surface area contributed by atoms with E-state index >= 15 is 0 Å². The van der Waals surface area contributed by atoms with Gasteiger partial charge >= 0.3 is 39.9 Å². The second-order valence-electron chi connectivity index (χ2n) is 21.3. The minimum atomic E-state index is -4.85. The van der Waals surface area contributed by atoms with Crippen molar-refractivity contribution in [1.29, 1.82) is 0 Å². The van der Waals surface area contributed by atoms with E-state index in [4.69, 9.17) is 56.0 Å². The van der Waals surface area contributed by atoms with E-state index in [1.54, 1.807) is 72.1 Å². The first kappa shape index (κ1) is 85.3. The van der Waals surface area contributed by atoms with Crippen LogP contribution >= 0.6 is 78.2 Å². The maximum atomic E-state index is 13.9. The number of benzene rings is 4. The van der Waals surface area contributed by atoms with Crippen LogP contribution in [0.2, 0.25) is 10.0 Å². The summed E-state index contributed by atoms with van der Waals surface area (Å²) < 4.78 is 83.7. The van der Waals surface area contributed by atoms with Crippen LogP contribution in [0.15, 0.2) is 109 Å². The molecule has 0 unspecified atom stereocenters. The van der Waals surface area contributed by atoms with Crippen LogP contribution in [0, 0.1) is 11.6 Å². The Balaban J connectivity index is 0.00000171. The molecule has 0 aliphatic rings. The van der Waals surface area contributed by atoms with E-state index in [-0.39, 0.29) is 108 Å². The van der Waals surface area contributed by atoms with Crippen molar-refractivity contribution in [3.8, 4) is 0 Å². The molecule has 91 heavy (non-hydrogen) atoms. The SMILES string of the molecule is C.C.CN(C(=O)NCc1cccc(F)c1Cl)[C@H](COC(=O)Nc1cc2ccccc2cn1)C[C@@H](O)COP(=O)(O)O.CN(C(=O)NCc1cccc(F)c1Cl)[C@H](COC(=O)Nc1cc2ccccc2cn1)C[C@@H](O)COP(=O)(OC(C)(C)C)OC(C)(C)C.Cl.S.S. The molecule has 6 aromatic rings. The number of anilines is 2. The number of nitrogens with zero attached hydrogens (tertiary/aromatic N) is 4. The van der Waals surface area contributed by atoms with Gasteiger partial charge in [-0.15, -0.1) is 12.4 Å². The molecule has 4 aromatic carbocycles. The van der Waals surface area contributed by atoms with Crippen LogP contribution in [-0.4, -0.2) is 140 Å². The molecule has 24 nitrogen and oxygen atoms in total. The van der Waals surface area contributed by atoms with Crippen molar-refractivity contribution < 1.29 is 84.7 Å². The van der Waals surface area contributed by atoms with Crippen molar-refractivity contribution >= 4 is 136 Å². The van der Waals surface area contributed by atoms with Crippen LogP contribution in [0.1, 0.15) is 80.4 Å². The molecule has 6 amide bonds. The fourth-order valence-corrected chi connectivity index (χ4v) is 10.4. The summed E-state index contributed by atoms with van der Waals surface area (Å²) in [6.45, 7) is 7.91. The minimum absolute atomic E-state index is 0. The summed E-state index contributed by atoms with van der Waals surface area (Å²) in [5.41, 5.74) is -1.11. The Labute approximate surface area is 558 Å². The molecule has 0 aliphatic heterocycles. The molecule has 2 aromatic heterocycles. The number of aromatic nitrogens is 2. The number of carbonyl (C=O) groups is 4. The normalized spacial score (nSPS) is 12.6. The van der Waals surface area contributed by atoms with E-state index < -0.39 is 107 Å². The zero-order valence-electron chi connectivity index (χ0n) is 49.6. The van der Waals surface area contributed by atoms with Gasteiger partial charge in [0.25, 0.3) is 0 Å². The highest BCUT2D eigenvalue weighted by atomic mass is 35.5. The van der Waals surface area contributed by atoms with Gasteiger partial charge in [0, 0.05) is 50.4 Å². The smallest absolute Gasteiger partial charge is 0.447 e. The van der Waals surface area contributed by atoms with Crippen LogP contribution in [0.25, 0.3) is 21.5 Å². The molecule has 508 valence electrons. The van der Waals surface area contributed by atoms with Gasteiger partial charge < -0.3 is 49.9 Å². The van der Waals surface area contributed by atoms with E-state index in [2.05, 4.69) is 35.8 Å². The highest BCUT2D eigenvalue weighted by Gasteiger charge is 2.38. The Morgan fingerprint density at radius 1 is 0.582 bits per heavy atom. The van der Waals surface area contributed by atoms with E-state index in [1.807, 2.05) is 48.5 Å². The third-order valence-corrected chi connectivity index (χ3v) is 15.3. The number of aliphatic hydroxyl groups is 2. The number of carbonyl (C=O) groups excluding carboxylic acids is 4. The molecule has 0 saturated heterocycles. The van der Waals surface area contributed by atoms with Crippen LogP contribution in [0.4, 0.5) is 39.6 Å². The summed E-state index contributed by atoms with van der Waals surface area (Å²) in [7, 11) is -6.20. The number of nitrogens with one attached hydrogen (secondary N) is 4. The van der Waals surface area contributed by atoms with Gasteiger partial charge in [-0.2, -0.15) is 27.0 Å². The molecule has 8 N–H and O–H groups in total. The molecular formula is C58H83Cl3F2N8O16P2S2. The molecule has 0 fully saturated rings. The van der Waals surface area contributed by atoms with Gasteiger partial charge in [-0.25, -0.2) is 47.1 Å². The number of aliphatic hydroxyl groups excluding tert-OH is 2. The largest absolute Gasteiger partial charge is 0.475 e. The first-order chi connectivity index (χ1) is 40.3. The Morgan fingerprint density at radius 3 is 1.29 bits per heavy atom. The lowest BCUT2D eigenvalue weighted by molar-refractivity contribution is -0.0156. The summed E-state index contributed by atoms with van der Waals surface area (Å²) in [4.78, 5) is 79.6. The predicted octanol–water partition coefficient (Wildman–Crippen LogP) is 12.9. The molecular weight excluding hydrogens is 1340 g/mol. The number of rotatable bonds is 24. The zero-order valence-corrected chi connectivity index (χ0v) is 55.8. The molecule has 0 spiro atoms. The standard InChI is InChI=1S/C32H43ClFN4O8P.C24H27ClFN4O8P.2CH4.ClH.2H2S/c1-31(2,3)45-47(42,46-32(4,5)6)44-20-25(39)16-24(38(7)29(40)36-18-23-13-10-14-26(34)28(23)33)19-43-30(41)37-27-15-21-11-8-9-12-22(21)17-35-27;1-30(23(32)28-12-17-7-4-8-20(26)22(17)25)18(10-19(31)14-38-39(34,35)36)13-37-24(33)29-21-9-15-5-2-3-6-16(15)11-27-21;;;;;/h8-15,17,24-25,39H,16,18-20H2,1-7H3,(H,36,40)(H,35,37,41);2-9,11,18-19,31H,10,12-14H2,1H3,(H,28,32)(H,27,29,33)(H2,34,35,36);2*1H4;1H;2*1H2/t24-,25+;18-,19+;;;;;/m00...../s1. The van der Waals surface area contributed by atoms with Gasteiger partial charge in [-0.3, -0.25) is 28.7 Å². The number of likely N-dealkylation sites (N-methyl/N-ethyl adjacent to an activating group) is 2. The van der Waals surface area contributed by atoms with Gasteiger partial charge in [0.1, 0.15) is 36.5 Å². The lowest BCUT2D eigenvalue weighted by Gasteiger charge is -2.32. The van der Waals surface area contributed by atoms with E-state index in [1.165, 1.54) is 49.3 Å². The molecule has 0 aliphatic carbocycles. The Kier molecular flexibility index (Phi) is 36.7. The molecule has 33 heteroatoms. The number of phosphoric ester groups is 2. The van der Waals surface area contributed by atoms with Gasteiger partial charge in [-0.05, 0) is 101 Å². The fraction of sp³-hybridized carbons (Fsp3) is 0.414. The molecule has 2 heterocycles. The Morgan fingerprint density at radius 2 is 0.934 bits per heavy atom. The topological polar surface area (TPSA) is 319 Å². The monoisotopic (exact) mass is 1420 g/mol. The quantitative estimate of drug-likeness (QED) is 0.0261. The van der Waals surface area contributed by atoms with Crippen molar-refractivity contribution in [3.05, 3.63) is 142 Å². The highest BCUT2D eigenvalue weighted by molar-refractivity contribution is 7.59. The number of urea groups is 2. The summed E-state index contributed by atoms with van der Waals surface area (Å²) in [5.74, 6) is -0.798. The lowest BCUT2D eigenvalue weighted by atomic mass is 10.1. The molecule has 4 atom stereocenters. The van der Waals surface area contributed by atoms with E-state index in [0.717, 1.165) is 26.4 Å². The number of amides is 6. The average Bonchev–Trinajstić information content (AvgIpc) is 2.01. The van der Waals surface area contributed by atoms with Crippen molar-refractivity contribution in [2.75, 3.05) is 51.2 Å². The van der Waals surface area contributed by atoms with Gasteiger partial charge in [0.2, 0.25) is 0 Å². The summed E-state index contributed by atoms with van der Waals surface area (Å²) in [6, 6.07) is 23.4. The number of fused-ring (bicyclic) bond motifs is 2. The second-order valence-corrected chi connectivity index (χ2v) is 24.8. The highest BCUT2D eigenvalue weighted by Crippen LogP contribution is 2.55. The van der Waals surface area contributed by atoms with Crippen LogP contribution in [0.5, 0.6) is 0 Å². The molecule has 0 bridgehead atoms. The molecule has 0 saturated carbocycles. The van der Waals surface area contributed by atoms with Crippen LogP contribution < -0.4 is 21.3 Å². The number of phosphoric acid groups is 2. The predicted molar refractivity (Wildman–Crippen MR) is 360 cm³/mol. The average molecular weight is 1420 g/mol. The van der Waals surface area contributed by atoms with E-state index in [9.17, 15) is 47.3 Å². The zero-order chi connectivity index (χ0) is 63.6. The molecule has 0 radical (unpaired) electrons. The summed E-state index contributed by atoms with van der Waals surface area (Å²) >= 11 is 11.9. The number of halogens is 5.